The van der Waals surface area contributed by atoms with Crippen molar-refractivity contribution in [3.05, 3.63) is 47.8 Å². The highest BCUT2D eigenvalue weighted by Gasteiger charge is 2.30. The first-order valence-electron chi connectivity index (χ1n) is 7.20. The smallest absolute Gasteiger partial charge is 0.122 e. The Morgan fingerprint density at radius 3 is 3.05 bits per heavy atom. The highest BCUT2D eigenvalue weighted by atomic mass is 16.5. The van der Waals surface area contributed by atoms with E-state index in [0.29, 0.717) is 12.0 Å². The minimum atomic E-state index is 0.382. The maximum absolute atomic E-state index is 5.82. The summed E-state index contributed by atoms with van der Waals surface area (Å²) in [5.74, 6) is 1.44. The summed E-state index contributed by atoms with van der Waals surface area (Å²) in [5, 5.41) is 7.86. The Bertz CT molecular complexity index is 579. The van der Waals surface area contributed by atoms with Gasteiger partial charge in [-0.05, 0) is 24.6 Å². The van der Waals surface area contributed by atoms with Gasteiger partial charge < -0.3 is 10.1 Å². The SMILES string of the molecule is CCNC(Cc1cnn(C)c1)C1COc2ccccc21. The summed E-state index contributed by atoms with van der Waals surface area (Å²) in [4.78, 5) is 0. The van der Waals surface area contributed by atoms with Gasteiger partial charge in [-0.25, -0.2) is 0 Å². The number of benzene rings is 1. The van der Waals surface area contributed by atoms with E-state index in [1.165, 1.54) is 11.1 Å². The molecule has 1 aliphatic heterocycles. The molecule has 0 saturated carbocycles. The van der Waals surface area contributed by atoms with Gasteiger partial charge in [-0.1, -0.05) is 25.1 Å². The van der Waals surface area contributed by atoms with Crippen LogP contribution in [0, 0.1) is 0 Å². The van der Waals surface area contributed by atoms with E-state index in [2.05, 4.69) is 41.7 Å². The molecular formula is C16H21N3O. The van der Waals surface area contributed by atoms with Gasteiger partial charge in [0.05, 0.1) is 12.8 Å². The quantitative estimate of drug-likeness (QED) is 0.905. The van der Waals surface area contributed by atoms with Crippen molar-refractivity contribution in [2.24, 2.45) is 7.05 Å². The zero-order valence-electron chi connectivity index (χ0n) is 12.0. The number of likely N-dealkylation sites (N-methyl/N-ethyl adjacent to an activating group) is 1. The van der Waals surface area contributed by atoms with Crippen molar-refractivity contribution in [1.82, 2.24) is 15.1 Å². The minimum absolute atomic E-state index is 0.382. The van der Waals surface area contributed by atoms with Crippen molar-refractivity contribution in [2.45, 2.75) is 25.3 Å². The molecule has 3 rings (SSSR count). The monoisotopic (exact) mass is 271 g/mol. The highest BCUT2D eigenvalue weighted by molar-refractivity contribution is 5.40. The molecule has 1 aromatic carbocycles. The van der Waals surface area contributed by atoms with E-state index >= 15 is 0 Å². The zero-order chi connectivity index (χ0) is 13.9. The number of nitrogens with zero attached hydrogens (tertiary/aromatic N) is 2. The summed E-state index contributed by atoms with van der Waals surface area (Å²) in [6.07, 6.45) is 5.02. The molecule has 1 aliphatic rings. The van der Waals surface area contributed by atoms with Gasteiger partial charge >= 0.3 is 0 Å². The van der Waals surface area contributed by atoms with E-state index in [1.54, 1.807) is 0 Å². The number of hydrogen-bond donors (Lipinski definition) is 1. The lowest BCUT2D eigenvalue weighted by atomic mass is 9.89. The van der Waals surface area contributed by atoms with Crippen molar-refractivity contribution in [3.8, 4) is 5.75 Å². The van der Waals surface area contributed by atoms with Gasteiger partial charge in [-0.3, -0.25) is 4.68 Å². The number of aryl methyl sites for hydroxylation is 1. The number of ether oxygens (including phenoxy) is 1. The fourth-order valence-corrected chi connectivity index (χ4v) is 2.97. The van der Waals surface area contributed by atoms with Crippen LogP contribution in [0.3, 0.4) is 0 Å². The Morgan fingerprint density at radius 2 is 2.30 bits per heavy atom. The van der Waals surface area contributed by atoms with Gasteiger partial charge in [0.15, 0.2) is 0 Å². The highest BCUT2D eigenvalue weighted by Crippen LogP contribution is 2.36. The first kappa shape index (κ1) is 13.2. The summed E-state index contributed by atoms with van der Waals surface area (Å²) in [6.45, 7) is 3.87. The van der Waals surface area contributed by atoms with Crippen LogP contribution in [0.15, 0.2) is 36.7 Å². The molecule has 106 valence electrons. The molecule has 0 fully saturated rings. The van der Waals surface area contributed by atoms with Crippen LogP contribution in [0.4, 0.5) is 0 Å². The third-order valence-corrected chi connectivity index (χ3v) is 3.90. The summed E-state index contributed by atoms with van der Waals surface area (Å²) in [6, 6.07) is 8.74. The molecular weight excluding hydrogens is 250 g/mol. The Kier molecular flexibility index (Phi) is 3.74. The lowest BCUT2D eigenvalue weighted by molar-refractivity contribution is 0.298. The molecule has 2 heterocycles. The van der Waals surface area contributed by atoms with Crippen LogP contribution in [0.2, 0.25) is 0 Å². The van der Waals surface area contributed by atoms with E-state index in [-0.39, 0.29) is 0 Å². The number of aromatic nitrogens is 2. The Morgan fingerprint density at radius 1 is 1.45 bits per heavy atom. The second kappa shape index (κ2) is 5.67. The summed E-state index contributed by atoms with van der Waals surface area (Å²) in [7, 11) is 1.96. The predicted molar refractivity (Wildman–Crippen MR) is 79.1 cm³/mol. The fraction of sp³-hybridized carbons (Fsp3) is 0.438. The van der Waals surface area contributed by atoms with Gasteiger partial charge in [-0.15, -0.1) is 0 Å². The van der Waals surface area contributed by atoms with E-state index in [9.17, 15) is 0 Å². The molecule has 0 amide bonds. The van der Waals surface area contributed by atoms with Crippen molar-refractivity contribution in [1.29, 1.82) is 0 Å². The molecule has 0 aliphatic carbocycles. The van der Waals surface area contributed by atoms with E-state index in [1.807, 2.05) is 24.0 Å². The Labute approximate surface area is 119 Å². The van der Waals surface area contributed by atoms with Crippen LogP contribution in [-0.4, -0.2) is 29.0 Å². The fourth-order valence-electron chi connectivity index (χ4n) is 2.97. The first-order valence-corrected chi connectivity index (χ1v) is 7.20. The number of nitrogens with one attached hydrogen (secondary N) is 1. The molecule has 4 heteroatoms. The molecule has 1 N–H and O–H groups in total. The summed E-state index contributed by atoms with van der Waals surface area (Å²) >= 11 is 0. The standard InChI is InChI=1S/C16H21N3O/c1-3-17-15(8-12-9-18-19(2)10-12)14-11-20-16-7-5-4-6-13(14)16/h4-7,9-10,14-15,17H,3,8,11H2,1-2H3. The maximum Gasteiger partial charge on any atom is 0.122 e. The topological polar surface area (TPSA) is 39.1 Å². The van der Waals surface area contributed by atoms with Crippen LogP contribution in [-0.2, 0) is 13.5 Å². The lowest BCUT2D eigenvalue weighted by Gasteiger charge is -2.23. The van der Waals surface area contributed by atoms with E-state index in [4.69, 9.17) is 4.74 Å². The Hall–Kier alpha value is -1.81. The van der Waals surface area contributed by atoms with Gasteiger partial charge in [0, 0.05) is 30.8 Å². The van der Waals surface area contributed by atoms with E-state index in [0.717, 1.165) is 25.3 Å². The van der Waals surface area contributed by atoms with Crippen LogP contribution in [0.1, 0.15) is 24.0 Å². The average Bonchev–Trinajstić information content (AvgIpc) is 3.04. The van der Waals surface area contributed by atoms with Crippen LogP contribution < -0.4 is 10.1 Å². The van der Waals surface area contributed by atoms with Crippen molar-refractivity contribution >= 4 is 0 Å². The molecule has 20 heavy (non-hydrogen) atoms. The van der Waals surface area contributed by atoms with Gasteiger partial charge in [0.25, 0.3) is 0 Å². The third-order valence-electron chi connectivity index (χ3n) is 3.90. The van der Waals surface area contributed by atoms with Crippen LogP contribution in [0.25, 0.3) is 0 Å². The van der Waals surface area contributed by atoms with E-state index < -0.39 is 0 Å². The van der Waals surface area contributed by atoms with Crippen molar-refractivity contribution < 1.29 is 4.74 Å². The molecule has 1 aromatic heterocycles. The van der Waals surface area contributed by atoms with Crippen molar-refractivity contribution in [3.63, 3.8) is 0 Å². The van der Waals surface area contributed by atoms with Crippen LogP contribution in [0.5, 0.6) is 5.75 Å². The van der Waals surface area contributed by atoms with Gasteiger partial charge in [-0.2, -0.15) is 5.10 Å². The number of fused-ring (bicyclic) bond motifs is 1. The normalized spacial score (nSPS) is 18.6. The Balaban J connectivity index is 1.81. The second-order valence-corrected chi connectivity index (χ2v) is 5.35. The molecule has 0 spiro atoms. The zero-order valence-corrected chi connectivity index (χ0v) is 12.0. The number of rotatable bonds is 5. The first-order chi connectivity index (χ1) is 9.78. The minimum Gasteiger partial charge on any atom is -0.493 e. The number of para-hydroxylation sites is 1. The lowest BCUT2D eigenvalue weighted by Crippen LogP contribution is -2.37. The van der Waals surface area contributed by atoms with Crippen molar-refractivity contribution in [2.75, 3.05) is 13.2 Å². The molecule has 0 saturated heterocycles. The summed E-state index contributed by atoms with van der Waals surface area (Å²) < 4.78 is 7.68. The van der Waals surface area contributed by atoms with Crippen LogP contribution >= 0.6 is 0 Å². The molecule has 4 nitrogen and oxygen atoms in total. The third kappa shape index (κ3) is 2.56. The van der Waals surface area contributed by atoms with Gasteiger partial charge in [0.1, 0.15) is 5.75 Å². The average molecular weight is 271 g/mol. The second-order valence-electron chi connectivity index (χ2n) is 5.35. The number of hydrogen-bond acceptors (Lipinski definition) is 3. The molecule has 2 atom stereocenters. The van der Waals surface area contributed by atoms with Gasteiger partial charge in [0.2, 0.25) is 0 Å². The molecule has 2 unspecified atom stereocenters. The maximum atomic E-state index is 5.82. The molecule has 0 bridgehead atoms. The predicted octanol–water partition coefficient (Wildman–Crippen LogP) is 2.12. The largest absolute Gasteiger partial charge is 0.493 e. The molecule has 2 aromatic rings. The molecule has 0 radical (unpaired) electrons. The summed E-state index contributed by atoms with van der Waals surface area (Å²) in [5.41, 5.74) is 2.59.